The molecule has 22 heavy (non-hydrogen) atoms. The lowest BCUT2D eigenvalue weighted by Gasteiger charge is -2.25. The Kier molecular flexibility index (Phi) is 3.51. The topological polar surface area (TPSA) is 56.5 Å². The van der Waals surface area contributed by atoms with E-state index < -0.39 is 0 Å². The second kappa shape index (κ2) is 5.48. The van der Waals surface area contributed by atoms with Gasteiger partial charge in [0.05, 0.1) is 25.6 Å². The monoisotopic (exact) mass is 294 g/mol. The second-order valence-corrected chi connectivity index (χ2v) is 5.03. The van der Waals surface area contributed by atoms with E-state index in [9.17, 15) is 0 Å². The molecule has 0 amide bonds. The maximum absolute atomic E-state index is 6.35. The first-order valence-corrected chi connectivity index (χ1v) is 6.93. The van der Waals surface area contributed by atoms with Crippen LogP contribution in [-0.4, -0.2) is 14.2 Å². The summed E-state index contributed by atoms with van der Waals surface area (Å²) in [6, 6.07) is 13.5. The van der Waals surface area contributed by atoms with E-state index in [1.54, 1.807) is 14.2 Å². The third-order valence-electron chi connectivity index (χ3n) is 3.77. The van der Waals surface area contributed by atoms with Crippen molar-refractivity contribution in [3.8, 4) is 11.5 Å². The Morgan fingerprint density at radius 2 is 1.55 bits per heavy atom. The fourth-order valence-electron chi connectivity index (χ4n) is 2.54. The van der Waals surface area contributed by atoms with Crippen molar-refractivity contribution < 1.29 is 9.47 Å². The fraction of sp³-hybridized carbons (Fsp3) is 0.111. The first-order valence-electron chi connectivity index (χ1n) is 6.93. The van der Waals surface area contributed by atoms with Crippen molar-refractivity contribution in [1.29, 1.82) is 0 Å². The molecule has 3 N–H and O–H groups in total. The third kappa shape index (κ3) is 2.29. The number of methoxy groups -OCH3 is 2. The molecule has 0 unspecified atom stereocenters. The lowest BCUT2D eigenvalue weighted by molar-refractivity contribution is 0.414. The zero-order valence-electron chi connectivity index (χ0n) is 12.6. The van der Waals surface area contributed by atoms with Crippen LogP contribution in [0.2, 0.25) is 0 Å². The summed E-state index contributed by atoms with van der Waals surface area (Å²) in [5.41, 5.74) is 11.6. The molecule has 0 bridgehead atoms. The minimum Gasteiger partial charge on any atom is -0.497 e. The molecule has 1 aliphatic rings. The summed E-state index contributed by atoms with van der Waals surface area (Å²) in [6.07, 6.45) is 0. The zero-order chi connectivity index (χ0) is 15.7. The summed E-state index contributed by atoms with van der Waals surface area (Å²) in [7, 11) is 3.29. The van der Waals surface area contributed by atoms with E-state index in [0.29, 0.717) is 5.70 Å². The van der Waals surface area contributed by atoms with Crippen LogP contribution >= 0.6 is 0 Å². The number of benzene rings is 2. The highest BCUT2D eigenvalue weighted by molar-refractivity contribution is 5.99. The summed E-state index contributed by atoms with van der Waals surface area (Å²) < 4.78 is 10.4. The Balaban J connectivity index is 2.09. The molecule has 0 spiro atoms. The van der Waals surface area contributed by atoms with Crippen molar-refractivity contribution in [2.24, 2.45) is 5.73 Å². The van der Waals surface area contributed by atoms with Gasteiger partial charge in [0.15, 0.2) is 0 Å². The van der Waals surface area contributed by atoms with Gasteiger partial charge in [-0.2, -0.15) is 0 Å². The van der Waals surface area contributed by atoms with Crippen molar-refractivity contribution in [2.45, 2.75) is 0 Å². The minimum absolute atomic E-state index is 0.690. The Bertz CT molecular complexity index is 761. The molecule has 4 nitrogen and oxygen atoms in total. The maximum atomic E-state index is 6.35. The molecular formula is C18H18N2O2. The molecule has 1 aliphatic heterocycles. The number of nitrogens with one attached hydrogen (secondary N) is 1. The Hall–Kier alpha value is -2.88. The van der Waals surface area contributed by atoms with Crippen molar-refractivity contribution in [3.63, 3.8) is 0 Å². The normalized spacial score (nSPS) is 13.5. The van der Waals surface area contributed by atoms with Gasteiger partial charge in [0.2, 0.25) is 0 Å². The molecule has 0 aromatic heterocycles. The second-order valence-electron chi connectivity index (χ2n) is 5.03. The standard InChI is InChI=1S/C18H18N2O2/c1-11-16-10-14(22-3)8-9-15(16)17(19)18(20-11)12-4-6-13(21-2)7-5-12/h4-10,20H,1,19H2,2-3H3. The van der Waals surface area contributed by atoms with Gasteiger partial charge in [0.1, 0.15) is 11.5 Å². The van der Waals surface area contributed by atoms with Crippen molar-refractivity contribution in [3.05, 3.63) is 65.7 Å². The summed E-state index contributed by atoms with van der Waals surface area (Å²) >= 11 is 0. The van der Waals surface area contributed by atoms with Gasteiger partial charge in [-0.25, -0.2) is 0 Å². The van der Waals surface area contributed by atoms with Gasteiger partial charge in [-0.1, -0.05) is 6.58 Å². The number of hydrogen-bond acceptors (Lipinski definition) is 4. The van der Waals surface area contributed by atoms with Crippen LogP contribution in [0.15, 0.2) is 49.0 Å². The average Bonchev–Trinajstić information content (AvgIpc) is 2.57. The van der Waals surface area contributed by atoms with Crippen molar-refractivity contribution in [1.82, 2.24) is 5.32 Å². The summed E-state index contributed by atoms with van der Waals surface area (Å²) in [4.78, 5) is 0. The average molecular weight is 294 g/mol. The third-order valence-corrected chi connectivity index (χ3v) is 3.77. The molecule has 0 aliphatic carbocycles. The van der Waals surface area contributed by atoms with E-state index in [4.69, 9.17) is 15.2 Å². The lowest BCUT2D eigenvalue weighted by atomic mass is 9.94. The zero-order valence-corrected chi connectivity index (χ0v) is 12.6. The molecular weight excluding hydrogens is 276 g/mol. The first-order chi connectivity index (χ1) is 10.6. The largest absolute Gasteiger partial charge is 0.497 e. The van der Waals surface area contributed by atoms with E-state index in [2.05, 4.69) is 11.9 Å². The Labute approximate surface area is 129 Å². The first kappa shape index (κ1) is 14.1. The predicted molar refractivity (Wildman–Crippen MR) is 89.2 cm³/mol. The van der Waals surface area contributed by atoms with Crippen LogP contribution in [0.1, 0.15) is 16.7 Å². The van der Waals surface area contributed by atoms with Gasteiger partial charge >= 0.3 is 0 Å². The number of fused-ring (bicyclic) bond motifs is 1. The van der Waals surface area contributed by atoms with Crippen molar-refractivity contribution >= 4 is 17.1 Å². The van der Waals surface area contributed by atoms with Gasteiger partial charge in [0, 0.05) is 22.4 Å². The highest BCUT2D eigenvalue weighted by Gasteiger charge is 2.20. The Morgan fingerprint density at radius 3 is 2.18 bits per heavy atom. The Morgan fingerprint density at radius 1 is 0.909 bits per heavy atom. The molecule has 0 atom stereocenters. The molecule has 4 heteroatoms. The van der Waals surface area contributed by atoms with Gasteiger partial charge < -0.3 is 20.5 Å². The van der Waals surface area contributed by atoms with E-state index in [0.717, 1.165) is 39.6 Å². The molecule has 0 radical (unpaired) electrons. The highest BCUT2D eigenvalue weighted by atomic mass is 16.5. The smallest absolute Gasteiger partial charge is 0.119 e. The predicted octanol–water partition coefficient (Wildman–Crippen LogP) is 3.06. The van der Waals surface area contributed by atoms with E-state index in [-0.39, 0.29) is 0 Å². The van der Waals surface area contributed by atoms with Crippen LogP contribution in [0.4, 0.5) is 0 Å². The van der Waals surface area contributed by atoms with Crippen molar-refractivity contribution in [2.75, 3.05) is 14.2 Å². The van der Waals surface area contributed by atoms with Crippen LogP contribution < -0.4 is 20.5 Å². The lowest BCUT2D eigenvalue weighted by Crippen LogP contribution is -2.21. The van der Waals surface area contributed by atoms with E-state index in [1.807, 2.05) is 42.5 Å². The maximum Gasteiger partial charge on any atom is 0.119 e. The molecule has 2 aromatic carbocycles. The van der Waals surface area contributed by atoms with Crippen LogP contribution in [0, 0.1) is 0 Å². The van der Waals surface area contributed by atoms with Crippen LogP contribution in [-0.2, 0) is 0 Å². The van der Waals surface area contributed by atoms with Gasteiger partial charge in [0.25, 0.3) is 0 Å². The number of rotatable bonds is 3. The minimum atomic E-state index is 0.690. The highest BCUT2D eigenvalue weighted by Crippen LogP contribution is 2.34. The van der Waals surface area contributed by atoms with Crippen LogP contribution in [0.3, 0.4) is 0 Å². The number of ether oxygens (including phenoxy) is 2. The fourth-order valence-corrected chi connectivity index (χ4v) is 2.54. The van der Waals surface area contributed by atoms with Crippen LogP contribution in [0.5, 0.6) is 11.5 Å². The molecule has 0 saturated carbocycles. The summed E-state index contributed by atoms with van der Waals surface area (Å²) in [5.74, 6) is 1.59. The van der Waals surface area contributed by atoms with Gasteiger partial charge in [-0.15, -0.1) is 0 Å². The number of hydrogen-bond donors (Lipinski definition) is 2. The quantitative estimate of drug-likeness (QED) is 0.913. The molecule has 112 valence electrons. The number of nitrogens with two attached hydrogens (primary N) is 1. The summed E-state index contributed by atoms with van der Waals surface area (Å²) in [6.45, 7) is 4.09. The van der Waals surface area contributed by atoms with E-state index in [1.165, 1.54) is 0 Å². The molecule has 2 aromatic rings. The van der Waals surface area contributed by atoms with Gasteiger partial charge in [-0.05, 0) is 42.5 Å². The molecule has 0 fully saturated rings. The van der Waals surface area contributed by atoms with Crippen LogP contribution in [0.25, 0.3) is 17.1 Å². The molecule has 1 heterocycles. The van der Waals surface area contributed by atoms with Gasteiger partial charge in [-0.3, -0.25) is 0 Å². The SMILES string of the molecule is C=C1NC(c2ccc(OC)cc2)=C(N)c2ccc(OC)cc21. The molecule has 3 rings (SSSR count). The van der Waals surface area contributed by atoms with E-state index >= 15 is 0 Å². The summed E-state index contributed by atoms with van der Waals surface area (Å²) in [5, 5.41) is 3.29. The molecule has 0 saturated heterocycles.